The van der Waals surface area contributed by atoms with Crippen LogP contribution in [0.25, 0.3) is 0 Å². The largest absolute Gasteiger partial charge is 0.381 e. The smallest absolute Gasteiger partial charge is 0.0516 e. The third kappa shape index (κ3) is 8.52. The number of hydrogen-bond donors (Lipinski definition) is 0. The summed E-state index contributed by atoms with van der Waals surface area (Å²) >= 11 is 0. The molecule has 0 radical (unpaired) electrons. The highest BCUT2D eigenvalue weighted by molar-refractivity contribution is 4.68. The summed E-state index contributed by atoms with van der Waals surface area (Å²) in [6.45, 7) is 14.1. The van der Waals surface area contributed by atoms with E-state index in [1.807, 2.05) is 13.8 Å². The van der Waals surface area contributed by atoms with E-state index in [2.05, 4.69) is 20.8 Å². The van der Waals surface area contributed by atoms with E-state index in [1.165, 1.54) is 0 Å². The molecule has 0 amide bonds. The quantitative estimate of drug-likeness (QED) is 0.631. The van der Waals surface area contributed by atoms with Crippen LogP contribution in [-0.4, -0.2) is 26.4 Å². The highest BCUT2D eigenvalue weighted by atomic mass is 16.5. The van der Waals surface area contributed by atoms with Crippen LogP contribution in [0.3, 0.4) is 0 Å². The Labute approximate surface area is 89.0 Å². The van der Waals surface area contributed by atoms with E-state index in [1.54, 1.807) is 0 Å². The van der Waals surface area contributed by atoms with Crippen molar-refractivity contribution in [1.29, 1.82) is 0 Å². The van der Waals surface area contributed by atoms with Crippen molar-refractivity contribution in [3.05, 3.63) is 0 Å². The van der Waals surface area contributed by atoms with Crippen LogP contribution in [0.1, 0.15) is 41.0 Å². The lowest BCUT2D eigenvalue weighted by Crippen LogP contribution is -2.22. The maximum absolute atomic E-state index is 5.46. The van der Waals surface area contributed by atoms with Crippen molar-refractivity contribution in [2.24, 2.45) is 11.3 Å². The topological polar surface area (TPSA) is 18.5 Å². The molecule has 0 aliphatic rings. The standard InChI is InChI=1S/C12H26O2/c1-6-13-9-11(10-14-7-2)8-12(3,4)5/h11H,6-10H2,1-5H3. The molecule has 0 saturated heterocycles. The Bertz CT molecular complexity index is 119. The SMILES string of the molecule is CCOCC(COCC)CC(C)(C)C. The van der Waals surface area contributed by atoms with Gasteiger partial charge in [0.25, 0.3) is 0 Å². The summed E-state index contributed by atoms with van der Waals surface area (Å²) < 4.78 is 10.9. The molecule has 0 N–H and O–H groups in total. The van der Waals surface area contributed by atoms with Gasteiger partial charge in [-0.3, -0.25) is 0 Å². The van der Waals surface area contributed by atoms with Gasteiger partial charge in [-0.15, -0.1) is 0 Å². The normalized spacial score (nSPS) is 12.4. The zero-order valence-corrected chi connectivity index (χ0v) is 10.4. The van der Waals surface area contributed by atoms with E-state index in [0.717, 1.165) is 32.8 Å². The predicted octanol–water partition coefficient (Wildman–Crippen LogP) is 3.11. The fraction of sp³-hybridized carbons (Fsp3) is 1.00. The van der Waals surface area contributed by atoms with Gasteiger partial charge in [-0.05, 0) is 25.7 Å². The molecule has 0 spiro atoms. The third-order valence-electron chi connectivity index (χ3n) is 2.02. The first kappa shape index (κ1) is 13.9. The van der Waals surface area contributed by atoms with Crippen LogP contribution in [0.4, 0.5) is 0 Å². The fourth-order valence-electron chi connectivity index (χ4n) is 1.60. The maximum Gasteiger partial charge on any atom is 0.0516 e. The molecule has 2 nitrogen and oxygen atoms in total. The molecule has 0 bridgehead atoms. The summed E-state index contributed by atoms with van der Waals surface area (Å²) in [6.07, 6.45) is 1.16. The van der Waals surface area contributed by atoms with Crippen LogP contribution in [-0.2, 0) is 9.47 Å². The van der Waals surface area contributed by atoms with Gasteiger partial charge in [0.1, 0.15) is 0 Å². The van der Waals surface area contributed by atoms with Crippen molar-refractivity contribution in [3.8, 4) is 0 Å². The first-order valence-electron chi connectivity index (χ1n) is 5.65. The summed E-state index contributed by atoms with van der Waals surface area (Å²) in [5.41, 5.74) is 0.360. The van der Waals surface area contributed by atoms with Gasteiger partial charge in [0.15, 0.2) is 0 Å². The summed E-state index contributed by atoms with van der Waals surface area (Å²) in [4.78, 5) is 0. The molecular formula is C12H26O2. The molecule has 0 aliphatic carbocycles. The monoisotopic (exact) mass is 202 g/mol. The van der Waals surface area contributed by atoms with E-state index in [-0.39, 0.29) is 0 Å². The molecule has 0 rings (SSSR count). The summed E-state index contributed by atoms with van der Waals surface area (Å²) in [5.74, 6) is 0.537. The first-order valence-corrected chi connectivity index (χ1v) is 5.65. The fourth-order valence-corrected chi connectivity index (χ4v) is 1.60. The molecule has 0 saturated carbocycles. The molecule has 0 aromatic rings. The lowest BCUT2D eigenvalue weighted by molar-refractivity contribution is 0.0314. The zero-order chi connectivity index (χ0) is 11.0. The van der Waals surface area contributed by atoms with Crippen molar-refractivity contribution in [1.82, 2.24) is 0 Å². The molecule has 0 aromatic heterocycles. The van der Waals surface area contributed by atoms with Gasteiger partial charge in [-0.2, -0.15) is 0 Å². The second kappa shape index (κ2) is 7.24. The van der Waals surface area contributed by atoms with E-state index in [4.69, 9.17) is 9.47 Å². The van der Waals surface area contributed by atoms with Gasteiger partial charge in [-0.25, -0.2) is 0 Å². The van der Waals surface area contributed by atoms with Crippen molar-refractivity contribution in [2.75, 3.05) is 26.4 Å². The van der Waals surface area contributed by atoms with E-state index < -0.39 is 0 Å². The van der Waals surface area contributed by atoms with Crippen molar-refractivity contribution < 1.29 is 9.47 Å². The molecule has 0 atom stereocenters. The molecule has 2 heteroatoms. The lowest BCUT2D eigenvalue weighted by Gasteiger charge is -2.25. The summed E-state index contributed by atoms with van der Waals surface area (Å²) in [5, 5.41) is 0. The number of rotatable bonds is 7. The predicted molar refractivity (Wildman–Crippen MR) is 60.5 cm³/mol. The van der Waals surface area contributed by atoms with Gasteiger partial charge in [0.2, 0.25) is 0 Å². The maximum atomic E-state index is 5.46. The average Bonchev–Trinajstić information content (AvgIpc) is 2.07. The van der Waals surface area contributed by atoms with Gasteiger partial charge in [0, 0.05) is 19.1 Å². The van der Waals surface area contributed by atoms with Gasteiger partial charge in [-0.1, -0.05) is 20.8 Å². The molecule has 14 heavy (non-hydrogen) atoms. The minimum atomic E-state index is 0.360. The van der Waals surface area contributed by atoms with Crippen LogP contribution in [0, 0.1) is 11.3 Å². The minimum Gasteiger partial charge on any atom is -0.381 e. The molecule has 0 aliphatic heterocycles. The summed E-state index contributed by atoms with van der Waals surface area (Å²) in [6, 6.07) is 0. The Balaban J connectivity index is 3.84. The van der Waals surface area contributed by atoms with Gasteiger partial charge < -0.3 is 9.47 Å². The van der Waals surface area contributed by atoms with E-state index in [0.29, 0.717) is 11.3 Å². The average molecular weight is 202 g/mol. The molecule has 0 unspecified atom stereocenters. The summed E-state index contributed by atoms with van der Waals surface area (Å²) in [7, 11) is 0. The molecule has 0 aromatic carbocycles. The highest BCUT2D eigenvalue weighted by Crippen LogP contribution is 2.24. The van der Waals surface area contributed by atoms with Crippen LogP contribution in [0.2, 0.25) is 0 Å². The number of hydrogen-bond acceptors (Lipinski definition) is 2. The van der Waals surface area contributed by atoms with Crippen LogP contribution in [0.5, 0.6) is 0 Å². The first-order chi connectivity index (χ1) is 6.49. The van der Waals surface area contributed by atoms with Crippen molar-refractivity contribution in [2.45, 2.75) is 41.0 Å². The van der Waals surface area contributed by atoms with E-state index >= 15 is 0 Å². The molecule has 0 fully saturated rings. The van der Waals surface area contributed by atoms with Gasteiger partial charge in [0.05, 0.1) is 13.2 Å². The zero-order valence-electron chi connectivity index (χ0n) is 10.4. The Morgan fingerprint density at radius 3 is 1.64 bits per heavy atom. The second-order valence-corrected chi connectivity index (χ2v) is 4.95. The molecular weight excluding hydrogens is 176 g/mol. The third-order valence-corrected chi connectivity index (χ3v) is 2.02. The molecule has 0 heterocycles. The Morgan fingerprint density at radius 1 is 0.929 bits per heavy atom. The number of ether oxygens (including phenoxy) is 2. The van der Waals surface area contributed by atoms with Crippen LogP contribution < -0.4 is 0 Å². The van der Waals surface area contributed by atoms with Crippen LogP contribution in [0.15, 0.2) is 0 Å². The van der Waals surface area contributed by atoms with Crippen molar-refractivity contribution in [3.63, 3.8) is 0 Å². The van der Waals surface area contributed by atoms with Crippen LogP contribution >= 0.6 is 0 Å². The van der Waals surface area contributed by atoms with E-state index in [9.17, 15) is 0 Å². The highest BCUT2D eigenvalue weighted by Gasteiger charge is 2.18. The Morgan fingerprint density at radius 2 is 1.36 bits per heavy atom. The Hall–Kier alpha value is -0.0800. The Kier molecular flexibility index (Phi) is 7.20. The lowest BCUT2D eigenvalue weighted by atomic mass is 9.85. The van der Waals surface area contributed by atoms with Crippen molar-refractivity contribution >= 4 is 0 Å². The molecule has 86 valence electrons. The van der Waals surface area contributed by atoms with Gasteiger partial charge >= 0.3 is 0 Å². The minimum absolute atomic E-state index is 0.360. The second-order valence-electron chi connectivity index (χ2n) is 4.95.